The van der Waals surface area contributed by atoms with Gasteiger partial charge in [0.1, 0.15) is 22.9 Å². The minimum atomic E-state index is -1.20. The molecule has 4 rings (SSSR count). The molecular weight excluding hydrogens is 466 g/mol. The van der Waals surface area contributed by atoms with Crippen LogP contribution in [-0.2, 0) is 22.6 Å². The number of fused-ring (bicyclic) bond motifs is 2. The minimum Gasteiger partial charge on any atom is -0.434 e. The quantitative estimate of drug-likeness (QED) is 0.641. The van der Waals surface area contributed by atoms with Crippen LogP contribution in [0, 0.1) is 17.0 Å². The van der Waals surface area contributed by atoms with E-state index in [4.69, 9.17) is 14.2 Å². The summed E-state index contributed by atoms with van der Waals surface area (Å²) >= 11 is 0. The van der Waals surface area contributed by atoms with E-state index in [0.717, 1.165) is 6.07 Å². The van der Waals surface area contributed by atoms with E-state index < -0.39 is 57.7 Å². The number of nitrogens with one attached hydrogen (secondary N) is 1. The first-order valence-electron chi connectivity index (χ1n) is 11.2. The Morgan fingerprint density at radius 1 is 1.29 bits per heavy atom. The Morgan fingerprint density at radius 3 is 2.77 bits per heavy atom. The van der Waals surface area contributed by atoms with Gasteiger partial charge < -0.3 is 24.1 Å². The molecule has 1 aromatic carbocycles. The molecule has 1 amide bonds. The molecular formula is C24H24F2N2O7. The van der Waals surface area contributed by atoms with Crippen molar-refractivity contribution in [2.75, 3.05) is 13.2 Å². The highest BCUT2D eigenvalue weighted by molar-refractivity contribution is 6.04. The first-order chi connectivity index (χ1) is 16.7. The lowest BCUT2D eigenvalue weighted by molar-refractivity contribution is -0.0740. The molecule has 9 nitrogen and oxygen atoms in total. The molecule has 186 valence electrons. The fraction of sp³-hybridized carbons (Fsp3) is 0.417. The van der Waals surface area contributed by atoms with E-state index in [1.54, 1.807) is 6.92 Å². The number of ether oxygens (including phenoxy) is 3. The van der Waals surface area contributed by atoms with Gasteiger partial charge in [-0.25, -0.2) is 13.6 Å². The summed E-state index contributed by atoms with van der Waals surface area (Å²) in [5, 5.41) is 2.40. The Hall–Kier alpha value is -3.60. The molecule has 1 aromatic heterocycles. The molecule has 35 heavy (non-hydrogen) atoms. The monoisotopic (exact) mass is 490 g/mol. The maximum atomic E-state index is 13.9. The number of Topliss-reactive ketones (excluding diaryl/α,β-unsaturated/α-hetero) is 1. The standard InChI is InChI=1S/C24H24F2N2O7/c1-3-33-23(32)35-20-18-21(30)24(2)7-4-8-34-17(24)12-28(18)11-15(19(20)29)22(31)27-10-13-5-6-14(25)9-16(13)26/h5-6,9,11,17H,3-4,7-8,10,12H2,1-2H3,(H,27,31)/t17-,24-/m0/s1. The third kappa shape index (κ3) is 4.55. The molecule has 2 atom stereocenters. The zero-order valence-corrected chi connectivity index (χ0v) is 19.2. The summed E-state index contributed by atoms with van der Waals surface area (Å²) in [6.45, 7) is 3.52. The van der Waals surface area contributed by atoms with Crippen LogP contribution in [0.4, 0.5) is 13.6 Å². The van der Waals surface area contributed by atoms with E-state index in [2.05, 4.69) is 5.32 Å². The van der Waals surface area contributed by atoms with Crippen molar-refractivity contribution in [3.05, 3.63) is 63.1 Å². The van der Waals surface area contributed by atoms with Crippen molar-refractivity contribution < 1.29 is 37.4 Å². The number of halogens is 2. The number of hydrogen-bond donors (Lipinski definition) is 1. The minimum absolute atomic E-state index is 0.00218. The summed E-state index contributed by atoms with van der Waals surface area (Å²) in [5.74, 6) is -3.58. The molecule has 0 saturated carbocycles. The molecule has 0 radical (unpaired) electrons. The number of amides is 1. The molecule has 0 bridgehead atoms. The first-order valence-corrected chi connectivity index (χ1v) is 11.2. The molecule has 11 heteroatoms. The highest BCUT2D eigenvalue weighted by Crippen LogP contribution is 2.42. The highest BCUT2D eigenvalue weighted by atomic mass is 19.1. The third-order valence-electron chi connectivity index (χ3n) is 6.35. The van der Waals surface area contributed by atoms with Crippen LogP contribution >= 0.6 is 0 Å². The smallest absolute Gasteiger partial charge is 0.434 e. The fourth-order valence-corrected chi connectivity index (χ4v) is 4.41. The molecule has 1 fully saturated rings. The van der Waals surface area contributed by atoms with E-state index >= 15 is 0 Å². The topological polar surface area (TPSA) is 113 Å². The van der Waals surface area contributed by atoms with Crippen LogP contribution in [0.2, 0.25) is 0 Å². The van der Waals surface area contributed by atoms with Crippen molar-refractivity contribution in [2.45, 2.75) is 45.9 Å². The van der Waals surface area contributed by atoms with Crippen molar-refractivity contribution in [1.29, 1.82) is 0 Å². The van der Waals surface area contributed by atoms with Crippen LogP contribution in [0.1, 0.15) is 53.1 Å². The molecule has 0 unspecified atom stereocenters. The van der Waals surface area contributed by atoms with Gasteiger partial charge in [-0.1, -0.05) is 6.07 Å². The molecule has 0 aliphatic carbocycles. The zero-order valence-electron chi connectivity index (χ0n) is 19.2. The molecule has 2 aliphatic rings. The van der Waals surface area contributed by atoms with Gasteiger partial charge in [0.05, 0.1) is 24.7 Å². The number of nitrogens with zero attached hydrogens (tertiary/aromatic N) is 1. The molecule has 2 aliphatic heterocycles. The van der Waals surface area contributed by atoms with Gasteiger partial charge in [-0.2, -0.15) is 0 Å². The third-order valence-corrected chi connectivity index (χ3v) is 6.35. The molecule has 1 N–H and O–H groups in total. The maximum absolute atomic E-state index is 13.9. The largest absolute Gasteiger partial charge is 0.514 e. The van der Waals surface area contributed by atoms with E-state index in [1.807, 2.05) is 0 Å². The Balaban J connectivity index is 1.73. The normalized spacial score (nSPS) is 21.0. The number of carbonyl (C=O) groups is 3. The number of carbonyl (C=O) groups excluding carboxylic acids is 3. The second kappa shape index (κ2) is 9.57. The zero-order chi connectivity index (χ0) is 25.3. The van der Waals surface area contributed by atoms with Crippen LogP contribution in [-0.4, -0.2) is 41.7 Å². The van der Waals surface area contributed by atoms with Gasteiger partial charge in [-0.15, -0.1) is 0 Å². The first kappa shape index (κ1) is 24.5. The van der Waals surface area contributed by atoms with Gasteiger partial charge in [0.2, 0.25) is 11.2 Å². The molecule has 0 spiro atoms. The SMILES string of the molecule is CCOC(=O)Oc1c2n(cc(C(=O)NCc3ccc(F)cc3F)c1=O)C[C@@H]1OCCC[C@]1(C)C2=O. The average molecular weight is 490 g/mol. The number of benzene rings is 1. The van der Waals surface area contributed by atoms with Gasteiger partial charge >= 0.3 is 6.16 Å². The lowest BCUT2D eigenvalue weighted by Gasteiger charge is -2.44. The van der Waals surface area contributed by atoms with Crippen LogP contribution in [0.5, 0.6) is 5.75 Å². The Labute approximate surface area is 199 Å². The number of pyridine rings is 1. The van der Waals surface area contributed by atoms with Crippen molar-refractivity contribution in [3.63, 3.8) is 0 Å². The summed E-state index contributed by atoms with van der Waals surface area (Å²) < 4.78 is 44.2. The van der Waals surface area contributed by atoms with Crippen molar-refractivity contribution in [3.8, 4) is 5.75 Å². The van der Waals surface area contributed by atoms with Gasteiger partial charge in [0, 0.05) is 31.0 Å². The van der Waals surface area contributed by atoms with Gasteiger partial charge in [0.15, 0.2) is 5.78 Å². The van der Waals surface area contributed by atoms with Crippen LogP contribution in [0.15, 0.2) is 29.2 Å². The van der Waals surface area contributed by atoms with E-state index in [1.165, 1.54) is 23.8 Å². The highest BCUT2D eigenvalue weighted by Gasteiger charge is 2.50. The lowest BCUT2D eigenvalue weighted by Crippen LogP contribution is -2.52. The lowest BCUT2D eigenvalue weighted by atomic mass is 9.71. The molecule has 1 saturated heterocycles. The number of ketones is 1. The number of hydrogen-bond acceptors (Lipinski definition) is 7. The van der Waals surface area contributed by atoms with Crippen LogP contribution in [0.25, 0.3) is 0 Å². The summed E-state index contributed by atoms with van der Waals surface area (Å²) in [6.07, 6.45) is 0.672. The van der Waals surface area contributed by atoms with E-state index in [9.17, 15) is 28.0 Å². The van der Waals surface area contributed by atoms with E-state index in [-0.39, 0.29) is 31.0 Å². The Kier molecular flexibility index (Phi) is 6.70. The van der Waals surface area contributed by atoms with Crippen molar-refractivity contribution >= 4 is 17.8 Å². The summed E-state index contributed by atoms with van der Waals surface area (Å²) in [7, 11) is 0. The maximum Gasteiger partial charge on any atom is 0.514 e. The predicted octanol–water partition coefficient (Wildman–Crippen LogP) is 2.97. The van der Waals surface area contributed by atoms with E-state index in [0.29, 0.717) is 25.5 Å². The summed E-state index contributed by atoms with van der Waals surface area (Å²) in [5.41, 5.74) is -2.49. The number of aromatic nitrogens is 1. The average Bonchev–Trinajstić information content (AvgIpc) is 2.81. The second-order valence-electron chi connectivity index (χ2n) is 8.62. The van der Waals surface area contributed by atoms with Crippen molar-refractivity contribution in [1.82, 2.24) is 9.88 Å². The van der Waals surface area contributed by atoms with Crippen molar-refractivity contribution in [2.24, 2.45) is 5.41 Å². The molecule has 3 heterocycles. The summed E-state index contributed by atoms with van der Waals surface area (Å²) in [6, 6.07) is 2.88. The van der Waals surface area contributed by atoms with Crippen LogP contribution in [0.3, 0.4) is 0 Å². The summed E-state index contributed by atoms with van der Waals surface area (Å²) in [4.78, 5) is 51.7. The molecule has 2 aromatic rings. The Morgan fingerprint density at radius 2 is 2.06 bits per heavy atom. The predicted molar refractivity (Wildman–Crippen MR) is 117 cm³/mol. The van der Waals surface area contributed by atoms with Gasteiger partial charge in [-0.3, -0.25) is 14.4 Å². The van der Waals surface area contributed by atoms with Gasteiger partial charge in [-0.05, 0) is 32.8 Å². The fourth-order valence-electron chi connectivity index (χ4n) is 4.41. The Bertz CT molecular complexity index is 1260. The second-order valence-corrected chi connectivity index (χ2v) is 8.62. The number of rotatable bonds is 5. The van der Waals surface area contributed by atoms with Gasteiger partial charge in [0.25, 0.3) is 5.91 Å². The van der Waals surface area contributed by atoms with Crippen LogP contribution < -0.4 is 15.5 Å².